The SMILES string of the molecule is O=C(c1ccc(N2CC=C(c3ccccc3)CC2)cc1)C1CC1. The molecule has 1 fully saturated rings. The number of hydrogen-bond donors (Lipinski definition) is 0. The number of rotatable bonds is 4. The molecule has 0 spiro atoms. The van der Waals surface area contributed by atoms with Crippen molar-refractivity contribution in [2.24, 2.45) is 5.92 Å². The Morgan fingerprint density at radius 1 is 0.957 bits per heavy atom. The Morgan fingerprint density at radius 2 is 1.70 bits per heavy atom. The van der Waals surface area contributed by atoms with Gasteiger partial charge in [-0.2, -0.15) is 0 Å². The fourth-order valence-electron chi connectivity index (χ4n) is 3.24. The van der Waals surface area contributed by atoms with Crippen LogP contribution in [0.15, 0.2) is 60.7 Å². The first-order valence-electron chi connectivity index (χ1n) is 8.45. The maximum absolute atomic E-state index is 12.1. The Balaban J connectivity index is 1.45. The van der Waals surface area contributed by atoms with Crippen LogP contribution in [0, 0.1) is 5.92 Å². The minimum Gasteiger partial charge on any atom is -0.367 e. The van der Waals surface area contributed by atoms with Crippen LogP contribution < -0.4 is 4.90 Å². The second-order valence-electron chi connectivity index (χ2n) is 6.48. The lowest BCUT2D eigenvalue weighted by Gasteiger charge is -2.28. The highest BCUT2D eigenvalue weighted by atomic mass is 16.1. The van der Waals surface area contributed by atoms with Gasteiger partial charge in [-0.3, -0.25) is 4.79 Å². The van der Waals surface area contributed by atoms with E-state index in [-0.39, 0.29) is 0 Å². The van der Waals surface area contributed by atoms with Gasteiger partial charge < -0.3 is 4.90 Å². The van der Waals surface area contributed by atoms with Crippen LogP contribution in [0.5, 0.6) is 0 Å². The highest BCUT2D eigenvalue weighted by Gasteiger charge is 2.30. The number of carbonyl (C=O) groups excluding carboxylic acids is 1. The van der Waals surface area contributed by atoms with E-state index in [0.717, 1.165) is 37.9 Å². The van der Waals surface area contributed by atoms with Crippen LogP contribution in [-0.4, -0.2) is 18.9 Å². The van der Waals surface area contributed by atoms with Crippen LogP contribution in [-0.2, 0) is 0 Å². The zero-order valence-electron chi connectivity index (χ0n) is 13.2. The van der Waals surface area contributed by atoms with Gasteiger partial charge in [0, 0.05) is 30.3 Å². The number of benzene rings is 2. The minimum absolute atomic E-state index is 0.298. The van der Waals surface area contributed by atoms with Crippen molar-refractivity contribution in [2.75, 3.05) is 18.0 Å². The van der Waals surface area contributed by atoms with Crippen molar-refractivity contribution in [1.82, 2.24) is 0 Å². The number of carbonyl (C=O) groups is 1. The van der Waals surface area contributed by atoms with E-state index in [0.29, 0.717) is 11.7 Å². The van der Waals surface area contributed by atoms with Crippen LogP contribution in [0.2, 0.25) is 0 Å². The third kappa shape index (κ3) is 3.07. The molecule has 2 aliphatic rings. The summed E-state index contributed by atoms with van der Waals surface area (Å²) < 4.78 is 0. The van der Waals surface area contributed by atoms with Crippen molar-refractivity contribution in [3.63, 3.8) is 0 Å². The normalized spacial score (nSPS) is 17.7. The molecule has 0 radical (unpaired) electrons. The van der Waals surface area contributed by atoms with Gasteiger partial charge in [0.1, 0.15) is 0 Å². The summed E-state index contributed by atoms with van der Waals surface area (Å²) in [5.74, 6) is 0.619. The molecule has 2 heteroatoms. The Bertz CT molecular complexity index is 726. The lowest BCUT2D eigenvalue weighted by molar-refractivity contribution is 0.0967. The van der Waals surface area contributed by atoms with Crippen molar-refractivity contribution in [1.29, 1.82) is 0 Å². The molecule has 2 nitrogen and oxygen atoms in total. The second-order valence-corrected chi connectivity index (χ2v) is 6.48. The van der Waals surface area contributed by atoms with E-state index in [9.17, 15) is 4.79 Å². The molecule has 0 N–H and O–H groups in total. The molecule has 1 aliphatic heterocycles. The van der Waals surface area contributed by atoms with Crippen LogP contribution in [0.4, 0.5) is 5.69 Å². The summed E-state index contributed by atoms with van der Waals surface area (Å²) in [6.45, 7) is 1.96. The molecule has 2 aromatic carbocycles. The van der Waals surface area contributed by atoms with Crippen molar-refractivity contribution in [3.05, 3.63) is 71.8 Å². The average Bonchev–Trinajstić information content (AvgIpc) is 3.47. The van der Waals surface area contributed by atoms with E-state index >= 15 is 0 Å². The first-order valence-corrected chi connectivity index (χ1v) is 8.45. The molecule has 116 valence electrons. The zero-order chi connectivity index (χ0) is 15.6. The summed E-state index contributed by atoms with van der Waals surface area (Å²) in [6, 6.07) is 18.8. The maximum atomic E-state index is 12.1. The predicted octanol–water partition coefficient (Wildman–Crippen LogP) is 4.57. The third-order valence-corrected chi connectivity index (χ3v) is 4.82. The minimum atomic E-state index is 0.298. The van der Waals surface area contributed by atoms with Crippen LogP contribution in [0.1, 0.15) is 35.2 Å². The molecule has 0 saturated heterocycles. The van der Waals surface area contributed by atoms with Crippen molar-refractivity contribution in [3.8, 4) is 0 Å². The molecule has 1 heterocycles. The smallest absolute Gasteiger partial charge is 0.165 e. The molecule has 1 saturated carbocycles. The Labute approximate surface area is 137 Å². The van der Waals surface area contributed by atoms with Gasteiger partial charge in [0.25, 0.3) is 0 Å². The molecule has 0 amide bonds. The molecule has 2 aromatic rings. The van der Waals surface area contributed by atoms with Crippen molar-refractivity contribution in [2.45, 2.75) is 19.3 Å². The summed E-state index contributed by atoms with van der Waals surface area (Å²) in [5, 5.41) is 0. The number of hydrogen-bond acceptors (Lipinski definition) is 2. The molecule has 23 heavy (non-hydrogen) atoms. The summed E-state index contributed by atoms with van der Waals surface area (Å²) in [4.78, 5) is 14.4. The third-order valence-electron chi connectivity index (χ3n) is 4.82. The monoisotopic (exact) mass is 303 g/mol. The van der Waals surface area contributed by atoms with Crippen molar-refractivity contribution >= 4 is 17.0 Å². The molecule has 0 atom stereocenters. The van der Waals surface area contributed by atoms with Crippen molar-refractivity contribution < 1.29 is 4.79 Å². The first kappa shape index (κ1) is 14.3. The van der Waals surface area contributed by atoms with Gasteiger partial charge in [-0.25, -0.2) is 0 Å². The van der Waals surface area contributed by atoms with E-state index in [2.05, 4.69) is 53.4 Å². The first-order chi connectivity index (χ1) is 11.3. The van der Waals surface area contributed by atoms with E-state index in [1.54, 1.807) is 0 Å². The van der Waals surface area contributed by atoms with Gasteiger partial charge in [0.05, 0.1) is 0 Å². The predicted molar refractivity (Wildman–Crippen MR) is 94.7 cm³/mol. The summed E-state index contributed by atoms with van der Waals surface area (Å²) >= 11 is 0. The number of ketones is 1. The second kappa shape index (κ2) is 6.04. The van der Waals surface area contributed by atoms with Gasteiger partial charge >= 0.3 is 0 Å². The highest BCUT2D eigenvalue weighted by Crippen LogP contribution is 2.33. The standard InChI is InChI=1S/C21H21NO/c23-21(18-6-7-18)19-8-10-20(11-9-19)22-14-12-17(13-15-22)16-4-2-1-3-5-16/h1-5,8-12,18H,6-7,13-15H2. The van der Waals surface area contributed by atoms with Crippen LogP contribution in [0.3, 0.4) is 0 Å². The largest absolute Gasteiger partial charge is 0.367 e. The van der Waals surface area contributed by atoms with E-state index < -0.39 is 0 Å². The Kier molecular flexibility index (Phi) is 3.74. The molecular weight excluding hydrogens is 282 g/mol. The van der Waals surface area contributed by atoms with Gasteiger partial charge in [-0.1, -0.05) is 36.4 Å². The fraction of sp³-hybridized carbons (Fsp3) is 0.286. The molecule has 4 rings (SSSR count). The summed E-state index contributed by atoms with van der Waals surface area (Å²) in [5.41, 5.74) is 4.84. The highest BCUT2D eigenvalue weighted by molar-refractivity contribution is 5.99. The van der Waals surface area contributed by atoms with Gasteiger partial charge in [0.15, 0.2) is 5.78 Å². The van der Waals surface area contributed by atoms with Gasteiger partial charge in [-0.15, -0.1) is 0 Å². The van der Waals surface area contributed by atoms with E-state index in [1.165, 1.54) is 16.8 Å². The van der Waals surface area contributed by atoms with Crippen LogP contribution >= 0.6 is 0 Å². The fourth-order valence-corrected chi connectivity index (χ4v) is 3.24. The summed E-state index contributed by atoms with van der Waals surface area (Å²) in [6.07, 6.45) is 5.52. The summed E-state index contributed by atoms with van der Waals surface area (Å²) in [7, 11) is 0. The lowest BCUT2D eigenvalue weighted by atomic mass is 9.99. The van der Waals surface area contributed by atoms with Crippen LogP contribution in [0.25, 0.3) is 5.57 Å². The Hall–Kier alpha value is -2.35. The molecule has 0 unspecified atom stereocenters. The van der Waals surface area contributed by atoms with E-state index in [1.807, 2.05) is 12.1 Å². The Morgan fingerprint density at radius 3 is 2.30 bits per heavy atom. The number of nitrogens with zero attached hydrogens (tertiary/aromatic N) is 1. The average molecular weight is 303 g/mol. The number of Topliss-reactive ketones (excluding diaryl/α,β-unsaturated/α-hetero) is 1. The zero-order valence-corrected chi connectivity index (χ0v) is 13.2. The molecular formula is C21H21NO. The molecule has 0 aromatic heterocycles. The molecule has 0 bridgehead atoms. The van der Waals surface area contributed by atoms with Gasteiger partial charge in [-0.05, 0) is 54.7 Å². The topological polar surface area (TPSA) is 20.3 Å². The van der Waals surface area contributed by atoms with E-state index in [4.69, 9.17) is 0 Å². The quantitative estimate of drug-likeness (QED) is 0.771. The maximum Gasteiger partial charge on any atom is 0.165 e. The van der Waals surface area contributed by atoms with Gasteiger partial charge in [0.2, 0.25) is 0 Å². The number of anilines is 1. The molecule has 1 aliphatic carbocycles. The lowest BCUT2D eigenvalue weighted by Crippen LogP contribution is -2.28.